The average molecular weight is 279 g/mol. The van der Waals surface area contributed by atoms with E-state index in [1.807, 2.05) is 0 Å². The molecule has 1 aromatic carbocycles. The monoisotopic (exact) mass is 278 g/mol. The fraction of sp³-hybridized carbons (Fsp3) is 0.222. The van der Waals surface area contributed by atoms with Crippen molar-refractivity contribution in [1.29, 1.82) is 0 Å². The van der Waals surface area contributed by atoms with Crippen LogP contribution < -0.4 is 4.74 Å². The van der Waals surface area contributed by atoms with E-state index in [1.165, 1.54) is 7.11 Å². The van der Waals surface area contributed by atoms with Crippen LogP contribution in [0.15, 0.2) is 10.5 Å². The summed E-state index contributed by atoms with van der Waals surface area (Å²) in [5, 5.41) is 17.9. The molecule has 6 heteroatoms. The van der Waals surface area contributed by atoms with Crippen LogP contribution >= 0.6 is 15.9 Å². The number of carboxylic acid groups (broad SMARTS) is 1. The first-order valence-corrected chi connectivity index (χ1v) is 4.72. The van der Waals surface area contributed by atoms with Crippen molar-refractivity contribution in [2.45, 2.75) is 6.42 Å². The van der Waals surface area contributed by atoms with E-state index in [-0.39, 0.29) is 15.8 Å². The summed E-state index contributed by atoms with van der Waals surface area (Å²) in [7, 11) is 1.32. The van der Waals surface area contributed by atoms with Gasteiger partial charge in [-0.05, 0) is 15.9 Å². The average Bonchev–Trinajstić information content (AvgIpc) is 2.18. The molecule has 0 aliphatic carbocycles. The molecule has 82 valence electrons. The maximum Gasteiger partial charge on any atom is 0.308 e. The van der Waals surface area contributed by atoms with Gasteiger partial charge in [0.1, 0.15) is 17.3 Å². The first-order valence-electron chi connectivity index (χ1n) is 3.93. The molecule has 2 N–H and O–H groups in total. The van der Waals surface area contributed by atoms with Gasteiger partial charge in [0.2, 0.25) is 0 Å². The highest BCUT2D eigenvalue weighted by Gasteiger charge is 2.18. The van der Waals surface area contributed by atoms with E-state index in [2.05, 4.69) is 15.9 Å². The van der Waals surface area contributed by atoms with E-state index >= 15 is 0 Å². The number of aromatic hydroxyl groups is 1. The van der Waals surface area contributed by atoms with E-state index < -0.39 is 24.0 Å². The molecule has 0 amide bonds. The van der Waals surface area contributed by atoms with E-state index in [0.717, 1.165) is 6.07 Å². The van der Waals surface area contributed by atoms with E-state index in [9.17, 15) is 14.3 Å². The Bertz CT molecular complexity index is 406. The number of carboxylic acids is 1. The number of rotatable bonds is 3. The van der Waals surface area contributed by atoms with E-state index in [0.29, 0.717) is 0 Å². The summed E-state index contributed by atoms with van der Waals surface area (Å²) in [6, 6.07) is 1.16. The lowest BCUT2D eigenvalue weighted by atomic mass is 10.1. The number of methoxy groups -OCH3 is 1. The third kappa shape index (κ3) is 2.38. The first-order chi connectivity index (χ1) is 6.97. The molecule has 0 spiro atoms. The molecule has 0 aliphatic rings. The van der Waals surface area contributed by atoms with Crippen molar-refractivity contribution in [1.82, 2.24) is 0 Å². The van der Waals surface area contributed by atoms with Crippen LogP contribution in [0, 0.1) is 5.82 Å². The van der Waals surface area contributed by atoms with Crippen LogP contribution in [0.3, 0.4) is 0 Å². The third-order valence-corrected chi connectivity index (χ3v) is 2.54. The molecule has 0 heterocycles. The molecule has 0 saturated carbocycles. The van der Waals surface area contributed by atoms with Crippen LogP contribution in [0.1, 0.15) is 5.56 Å². The number of hydrogen-bond donors (Lipinski definition) is 2. The molecular weight excluding hydrogens is 271 g/mol. The summed E-state index contributed by atoms with van der Waals surface area (Å²) >= 11 is 2.91. The summed E-state index contributed by atoms with van der Waals surface area (Å²) in [4.78, 5) is 10.4. The zero-order valence-corrected chi connectivity index (χ0v) is 9.34. The standard InChI is InChI=1S/C9H8BrFO4/c1-15-6-3-5(12)4(2-7(13)14)9(11)8(6)10/h3,12H,2H2,1H3,(H,13,14). The molecule has 0 aliphatic heterocycles. The number of aliphatic carboxylic acids is 1. The van der Waals surface area contributed by atoms with E-state index in [4.69, 9.17) is 9.84 Å². The fourth-order valence-corrected chi connectivity index (χ4v) is 1.61. The summed E-state index contributed by atoms with van der Waals surface area (Å²) in [6.45, 7) is 0. The molecule has 0 fully saturated rings. The second-order valence-electron chi connectivity index (χ2n) is 2.77. The minimum atomic E-state index is -1.22. The third-order valence-electron chi connectivity index (χ3n) is 1.80. The van der Waals surface area contributed by atoms with Crippen molar-refractivity contribution in [2.24, 2.45) is 0 Å². The fourth-order valence-electron chi connectivity index (χ4n) is 1.10. The number of hydrogen-bond acceptors (Lipinski definition) is 3. The molecule has 0 atom stereocenters. The van der Waals surface area contributed by atoms with Crippen LogP contribution in [0.2, 0.25) is 0 Å². The van der Waals surface area contributed by atoms with Gasteiger partial charge >= 0.3 is 5.97 Å². The summed E-state index contributed by atoms with van der Waals surface area (Å²) < 4.78 is 18.3. The normalized spacial score (nSPS) is 10.1. The van der Waals surface area contributed by atoms with Gasteiger partial charge in [0.25, 0.3) is 0 Å². The Morgan fingerprint density at radius 2 is 2.27 bits per heavy atom. The second-order valence-corrected chi connectivity index (χ2v) is 3.57. The van der Waals surface area contributed by atoms with Crippen LogP contribution in [0.25, 0.3) is 0 Å². The van der Waals surface area contributed by atoms with Crippen molar-refractivity contribution in [3.05, 3.63) is 21.9 Å². The molecule has 1 rings (SSSR count). The van der Waals surface area contributed by atoms with Gasteiger partial charge in [-0.1, -0.05) is 0 Å². The predicted molar refractivity (Wildman–Crippen MR) is 53.7 cm³/mol. The molecule has 0 unspecified atom stereocenters. The van der Waals surface area contributed by atoms with Gasteiger partial charge < -0.3 is 14.9 Å². The second kappa shape index (κ2) is 4.48. The van der Waals surface area contributed by atoms with Gasteiger partial charge in [-0.2, -0.15) is 0 Å². The highest BCUT2D eigenvalue weighted by molar-refractivity contribution is 9.10. The Balaban J connectivity index is 3.29. The van der Waals surface area contributed by atoms with Crippen LogP contribution in [0.4, 0.5) is 4.39 Å². The zero-order valence-electron chi connectivity index (χ0n) is 7.75. The molecule has 0 radical (unpaired) electrons. The number of carbonyl (C=O) groups is 1. The topological polar surface area (TPSA) is 66.8 Å². The highest BCUT2D eigenvalue weighted by Crippen LogP contribution is 2.35. The van der Waals surface area contributed by atoms with Crippen LogP contribution in [0.5, 0.6) is 11.5 Å². The van der Waals surface area contributed by atoms with Gasteiger partial charge in [0, 0.05) is 11.6 Å². The lowest BCUT2D eigenvalue weighted by Crippen LogP contribution is -2.04. The zero-order chi connectivity index (χ0) is 11.6. The minimum absolute atomic E-state index is 0.000880. The SMILES string of the molecule is COc1cc(O)c(CC(=O)O)c(F)c1Br. The number of halogens is 2. The van der Waals surface area contributed by atoms with Crippen molar-refractivity contribution >= 4 is 21.9 Å². The largest absolute Gasteiger partial charge is 0.507 e. The molecule has 0 bridgehead atoms. The Morgan fingerprint density at radius 3 is 2.73 bits per heavy atom. The van der Waals surface area contributed by atoms with Gasteiger partial charge in [-0.25, -0.2) is 4.39 Å². The Hall–Kier alpha value is -1.30. The molecule has 0 aromatic heterocycles. The van der Waals surface area contributed by atoms with Crippen molar-refractivity contribution in [2.75, 3.05) is 7.11 Å². The Kier molecular flexibility index (Phi) is 3.52. The van der Waals surface area contributed by atoms with Gasteiger partial charge in [0.05, 0.1) is 18.0 Å². The number of benzene rings is 1. The summed E-state index contributed by atoms with van der Waals surface area (Å²) in [5.41, 5.74) is -0.268. The van der Waals surface area contributed by atoms with Gasteiger partial charge in [-0.3, -0.25) is 4.79 Å². The Morgan fingerprint density at radius 1 is 1.67 bits per heavy atom. The molecule has 15 heavy (non-hydrogen) atoms. The lowest BCUT2D eigenvalue weighted by Gasteiger charge is -2.09. The van der Waals surface area contributed by atoms with Crippen molar-refractivity contribution < 1.29 is 24.1 Å². The first kappa shape index (κ1) is 11.8. The molecule has 1 aromatic rings. The van der Waals surface area contributed by atoms with Gasteiger partial charge in [0.15, 0.2) is 0 Å². The molecular formula is C9H8BrFO4. The lowest BCUT2D eigenvalue weighted by molar-refractivity contribution is -0.136. The molecule has 0 saturated heterocycles. The predicted octanol–water partition coefficient (Wildman–Crippen LogP) is 1.93. The number of phenolic OH excluding ortho intramolecular Hbond substituents is 1. The van der Waals surface area contributed by atoms with Gasteiger partial charge in [-0.15, -0.1) is 0 Å². The number of ether oxygens (including phenoxy) is 1. The Labute approximate surface area is 93.4 Å². The minimum Gasteiger partial charge on any atom is -0.507 e. The highest BCUT2D eigenvalue weighted by atomic mass is 79.9. The summed E-state index contributed by atoms with van der Waals surface area (Å²) in [6.07, 6.45) is -0.583. The van der Waals surface area contributed by atoms with Crippen molar-refractivity contribution in [3.63, 3.8) is 0 Å². The maximum absolute atomic E-state index is 13.5. The van der Waals surface area contributed by atoms with Crippen LogP contribution in [-0.4, -0.2) is 23.3 Å². The van der Waals surface area contributed by atoms with Crippen molar-refractivity contribution in [3.8, 4) is 11.5 Å². The smallest absolute Gasteiger partial charge is 0.308 e. The maximum atomic E-state index is 13.5. The number of phenols is 1. The van der Waals surface area contributed by atoms with E-state index in [1.54, 1.807) is 0 Å². The summed E-state index contributed by atoms with van der Waals surface area (Å²) in [5.74, 6) is -2.37. The quantitative estimate of drug-likeness (QED) is 0.887. The van der Waals surface area contributed by atoms with Crippen LogP contribution in [-0.2, 0) is 11.2 Å². The molecule has 4 nitrogen and oxygen atoms in total.